The summed E-state index contributed by atoms with van der Waals surface area (Å²) in [5, 5.41) is 9.29. The maximum Gasteiger partial charge on any atom is 0.416 e. The number of benzene rings is 3. The van der Waals surface area contributed by atoms with E-state index in [0.717, 1.165) is 11.6 Å². The van der Waals surface area contributed by atoms with Crippen LogP contribution >= 0.6 is 0 Å². The molecule has 3 aromatic carbocycles. The number of fused-ring (bicyclic) bond motifs is 1. The number of aliphatic hydroxyl groups is 1. The average molecular weight is 573 g/mol. The lowest BCUT2D eigenvalue weighted by atomic mass is 10.1. The third-order valence-corrected chi connectivity index (χ3v) is 7.65. The zero-order chi connectivity index (χ0) is 29.3. The predicted octanol–water partition coefficient (Wildman–Crippen LogP) is 4.89. The maximum absolute atomic E-state index is 15.2. The smallest absolute Gasteiger partial charge is 0.416 e. The topological polar surface area (TPSA) is 62.9 Å². The van der Waals surface area contributed by atoms with Gasteiger partial charge in [-0.25, -0.2) is 9.18 Å². The standard InChI is InChI=1S/C30H32F4N4O3/c1-35(15-16-39)17-21-8-5-10-24(31)27(21)36-14-13-22(19-36)38-25-11-6-12-26(41-2)28(25)37(29(38)40)18-20-7-3-4-9-23(20)30(32,33)34/h3-12,22,39H,13-19H2,1-2H3. The van der Waals surface area contributed by atoms with Crippen molar-refractivity contribution in [1.82, 2.24) is 14.0 Å². The molecular formula is C30H32F4N4O3. The predicted molar refractivity (Wildman–Crippen MR) is 149 cm³/mol. The molecule has 1 saturated heterocycles. The van der Waals surface area contributed by atoms with Crippen LogP contribution in [0, 0.1) is 5.82 Å². The Bertz CT molecular complexity index is 1600. The normalized spacial score (nSPS) is 15.8. The van der Waals surface area contributed by atoms with Gasteiger partial charge in [0.2, 0.25) is 0 Å². The number of ether oxygens (including phenoxy) is 1. The molecule has 1 aliphatic heterocycles. The van der Waals surface area contributed by atoms with Gasteiger partial charge >= 0.3 is 11.9 Å². The van der Waals surface area contributed by atoms with Crippen molar-refractivity contribution in [3.05, 3.63) is 93.7 Å². The van der Waals surface area contributed by atoms with Crippen molar-refractivity contribution in [2.75, 3.05) is 45.3 Å². The largest absolute Gasteiger partial charge is 0.494 e. The van der Waals surface area contributed by atoms with E-state index in [0.29, 0.717) is 55.1 Å². The fourth-order valence-corrected chi connectivity index (χ4v) is 5.81. The molecule has 0 amide bonds. The lowest BCUT2D eigenvalue weighted by Crippen LogP contribution is -2.31. The first-order valence-electron chi connectivity index (χ1n) is 13.4. The van der Waals surface area contributed by atoms with E-state index in [1.54, 1.807) is 28.8 Å². The van der Waals surface area contributed by atoms with Crippen LogP contribution in [-0.4, -0.2) is 59.5 Å². The van der Waals surface area contributed by atoms with E-state index < -0.39 is 17.4 Å². The zero-order valence-corrected chi connectivity index (χ0v) is 22.9. The minimum Gasteiger partial charge on any atom is -0.494 e. The minimum atomic E-state index is -4.57. The molecule has 5 rings (SSSR count). The van der Waals surface area contributed by atoms with Gasteiger partial charge in [0.1, 0.15) is 17.1 Å². The molecule has 7 nitrogen and oxygen atoms in total. The summed E-state index contributed by atoms with van der Waals surface area (Å²) < 4.78 is 65.0. The Labute approximate surface area is 234 Å². The average Bonchev–Trinajstić information content (AvgIpc) is 3.51. The molecule has 0 spiro atoms. The van der Waals surface area contributed by atoms with Gasteiger partial charge in [0.25, 0.3) is 0 Å². The van der Waals surface area contributed by atoms with Gasteiger partial charge < -0.3 is 14.7 Å². The van der Waals surface area contributed by atoms with Crippen LogP contribution in [0.2, 0.25) is 0 Å². The lowest BCUT2D eigenvalue weighted by molar-refractivity contribution is -0.138. The van der Waals surface area contributed by atoms with Gasteiger partial charge in [-0.3, -0.25) is 14.0 Å². The van der Waals surface area contributed by atoms with E-state index in [2.05, 4.69) is 0 Å². The van der Waals surface area contributed by atoms with Crippen LogP contribution in [0.25, 0.3) is 11.0 Å². The number of anilines is 1. The van der Waals surface area contributed by atoms with Crippen molar-refractivity contribution in [3.8, 4) is 5.75 Å². The molecule has 1 N–H and O–H groups in total. The highest BCUT2D eigenvalue weighted by molar-refractivity contribution is 5.83. The van der Waals surface area contributed by atoms with Crippen LogP contribution in [-0.2, 0) is 19.3 Å². The summed E-state index contributed by atoms with van der Waals surface area (Å²) in [5.74, 6) is 0.00162. The van der Waals surface area contributed by atoms with Crippen molar-refractivity contribution < 1.29 is 27.4 Å². The number of likely N-dealkylation sites (N-methyl/N-ethyl adjacent to an activating group) is 1. The minimum absolute atomic E-state index is 0.0170. The summed E-state index contributed by atoms with van der Waals surface area (Å²) in [4.78, 5) is 17.8. The van der Waals surface area contributed by atoms with Crippen LogP contribution in [0.5, 0.6) is 5.75 Å². The molecule has 0 aliphatic carbocycles. The van der Waals surface area contributed by atoms with Crippen molar-refractivity contribution in [1.29, 1.82) is 0 Å². The highest BCUT2D eigenvalue weighted by atomic mass is 19.4. The summed E-state index contributed by atoms with van der Waals surface area (Å²) in [6.45, 7) is 1.40. The zero-order valence-electron chi connectivity index (χ0n) is 22.9. The summed E-state index contributed by atoms with van der Waals surface area (Å²) in [6, 6.07) is 14.9. The first-order valence-corrected chi connectivity index (χ1v) is 13.4. The van der Waals surface area contributed by atoms with Gasteiger partial charge in [-0.05, 0) is 48.9 Å². The molecule has 218 valence electrons. The van der Waals surface area contributed by atoms with E-state index in [4.69, 9.17) is 4.74 Å². The lowest BCUT2D eigenvalue weighted by Gasteiger charge is -2.25. The van der Waals surface area contributed by atoms with E-state index in [1.807, 2.05) is 22.9 Å². The number of para-hydroxylation sites is 2. The molecule has 0 saturated carbocycles. The van der Waals surface area contributed by atoms with E-state index >= 15 is 4.39 Å². The van der Waals surface area contributed by atoms with Crippen LogP contribution in [0.15, 0.2) is 65.5 Å². The first kappa shape index (κ1) is 28.7. The Hall–Kier alpha value is -3.83. The third-order valence-electron chi connectivity index (χ3n) is 7.65. The molecule has 2 heterocycles. The van der Waals surface area contributed by atoms with Crippen LogP contribution < -0.4 is 15.3 Å². The van der Waals surface area contributed by atoms with Gasteiger partial charge in [-0.1, -0.05) is 36.4 Å². The van der Waals surface area contributed by atoms with Gasteiger partial charge in [0.05, 0.1) is 43.1 Å². The Morgan fingerprint density at radius 3 is 2.51 bits per heavy atom. The number of alkyl halides is 3. The summed E-state index contributed by atoms with van der Waals surface area (Å²) in [6.07, 6.45) is -4.03. The number of halogens is 4. The Kier molecular flexibility index (Phi) is 8.10. The van der Waals surface area contributed by atoms with Gasteiger partial charge in [-0.2, -0.15) is 13.2 Å². The van der Waals surface area contributed by atoms with Crippen LogP contribution in [0.3, 0.4) is 0 Å². The van der Waals surface area contributed by atoms with E-state index in [9.17, 15) is 23.1 Å². The fourth-order valence-electron chi connectivity index (χ4n) is 5.81. The molecule has 0 radical (unpaired) electrons. The summed E-state index contributed by atoms with van der Waals surface area (Å²) in [7, 11) is 3.30. The molecule has 1 atom stereocenters. The van der Waals surface area contributed by atoms with E-state index in [1.165, 1.54) is 35.9 Å². The first-order chi connectivity index (χ1) is 19.6. The second-order valence-corrected chi connectivity index (χ2v) is 10.3. The fraction of sp³-hybridized carbons (Fsp3) is 0.367. The third kappa shape index (κ3) is 5.56. The highest BCUT2D eigenvalue weighted by Gasteiger charge is 2.35. The van der Waals surface area contributed by atoms with E-state index in [-0.39, 0.29) is 30.6 Å². The Balaban J connectivity index is 1.55. The summed E-state index contributed by atoms with van der Waals surface area (Å²) in [5.41, 5.74) is 0.894. The quantitative estimate of drug-likeness (QED) is 0.290. The summed E-state index contributed by atoms with van der Waals surface area (Å²) >= 11 is 0. The highest BCUT2D eigenvalue weighted by Crippen LogP contribution is 2.36. The Morgan fingerprint density at radius 1 is 1.05 bits per heavy atom. The number of hydrogen-bond acceptors (Lipinski definition) is 5. The second-order valence-electron chi connectivity index (χ2n) is 10.3. The van der Waals surface area contributed by atoms with Gasteiger partial charge in [0.15, 0.2) is 0 Å². The molecule has 11 heteroatoms. The molecule has 1 aliphatic rings. The van der Waals surface area contributed by atoms with Gasteiger partial charge in [-0.15, -0.1) is 0 Å². The molecule has 41 heavy (non-hydrogen) atoms. The molecule has 4 aromatic rings. The van der Waals surface area contributed by atoms with Crippen molar-refractivity contribution in [2.24, 2.45) is 0 Å². The number of aliphatic hydroxyl groups excluding tert-OH is 1. The molecule has 1 aromatic heterocycles. The molecular weight excluding hydrogens is 540 g/mol. The number of rotatable bonds is 9. The SMILES string of the molecule is COc1cccc2c1n(Cc1ccccc1C(F)(F)F)c(=O)n2C1CCN(c2c(F)cccc2CN(C)CCO)C1. The number of methoxy groups -OCH3 is 1. The van der Waals surface area contributed by atoms with Crippen molar-refractivity contribution >= 4 is 16.7 Å². The second kappa shape index (κ2) is 11.6. The maximum atomic E-state index is 15.2. The van der Waals surface area contributed by atoms with Crippen molar-refractivity contribution in [2.45, 2.75) is 31.7 Å². The number of hydrogen-bond donors (Lipinski definition) is 1. The van der Waals surface area contributed by atoms with Gasteiger partial charge in [0, 0.05) is 26.2 Å². The molecule has 1 fully saturated rings. The molecule has 1 unspecified atom stereocenters. The molecule has 0 bridgehead atoms. The number of nitrogens with zero attached hydrogens (tertiary/aromatic N) is 4. The van der Waals surface area contributed by atoms with Crippen molar-refractivity contribution in [3.63, 3.8) is 0 Å². The monoisotopic (exact) mass is 572 g/mol. The Morgan fingerprint density at radius 2 is 1.78 bits per heavy atom. The van der Waals surface area contributed by atoms with Crippen LogP contribution in [0.1, 0.15) is 29.2 Å². The number of aromatic nitrogens is 2. The van der Waals surface area contributed by atoms with Crippen LogP contribution in [0.4, 0.5) is 23.2 Å². The number of imidazole rings is 1.